The number of rotatable bonds is 9. The Balaban J connectivity index is 1.59. The summed E-state index contributed by atoms with van der Waals surface area (Å²) in [6.45, 7) is 2.08. The molecule has 0 aromatic heterocycles. The average Bonchev–Trinajstić information content (AvgIpc) is 2.79. The third-order valence-corrected chi connectivity index (χ3v) is 6.16. The van der Waals surface area contributed by atoms with Gasteiger partial charge in [0.05, 0.1) is 28.8 Å². The summed E-state index contributed by atoms with van der Waals surface area (Å²) >= 11 is 6.23. The minimum absolute atomic E-state index is 0.110. The number of ether oxygens (including phenoxy) is 2. The first-order valence-electron chi connectivity index (χ1n) is 9.73. The highest BCUT2D eigenvalue weighted by atomic mass is 35.5. The van der Waals surface area contributed by atoms with Crippen LogP contribution in [0.4, 0.5) is 5.69 Å². The predicted molar refractivity (Wildman–Crippen MR) is 124 cm³/mol. The minimum atomic E-state index is -3.79. The summed E-state index contributed by atoms with van der Waals surface area (Å²) < 4.78 is 38.2. The zero-order valence-corrected chi connectivity index (χ0v) is 19.1. The lowest BCUT2D eigenvalue weighted by molar-refractivity contribution is 0.0926. The molecule has 0 aliphatic rings. The van der Waals surface area contributed by atoms with Crippen LogP contribution in [0.3, 0.4) is 0 Å². The van der Waals surface area contributed by atoms with Crippen LogP contribution in [-0.4, -0.2) is 34.1 Å². The molecule has 1 amide bonds. The molecule has 9 heteroatoms. The number of methoxy groups -OCH3 is 1. The molecule has 3 rings (SSSR count). The molecule has 3 aromatic rings. The Kier molecular flexibility index (Phi) is 7.61. The fourth-order valence-corrected chi connectivity index (χ4v) is 4.17. The molecule has 0 bridgehead atoms. The Morgan fingerprint density at radius 1 is 1.00 bits per heavy atom. The van der Waals surface area contributed by atoms with Gasteiger partial charge in [-0.05, 0) is 61.5 Å². The van der Waals surface area contributed by atoms with E-state index in [9.17, 15) is 13.2 Å². The fraction of sp³-hybridized carbons (Fsp3) is 0.174. The second-order valence-corrected chi connectivity index (χ2v) is 9.06. The Labute approximate surface area is 192 Å². The van der Waals surface area contributed by atoms with Crippen molar-refractivity contribution in [2.24, 2.45) is 0 Å². The van der Waals surface area contributed by atoms with Crippen molar-refractivity contribution in [3.63, 3.8) is 0 Å². The van der Waals surface area contributed by atoms with Crippen molar-refractivity contribution in [2.75, 3.05) is 18.4 Å². The second-order valence-electron chi connectivity index (χ2n) is 6.97. The topological polar surface area (TPSA) is 93.7 Å². The van der Waals surface area contributed by atoms with Gasteiger partial charge in [-0.25, -0.2) is 8.42 Å². The summed E-state index contributed by atoms with van der Waals surface area (Å²) in [5.74, 6) is 1.03. The van der Waals surface area contributed by atoms with Crippen LogP contribution in [0.2, 0.25) is 5.02 Å². The number of carbonyl (C=O) groups is 1. The van der Waals surface area contributed by atoms with E-state index in [1.165, 1.54) is 30.3 Å². The molecule has 0 aliphatic carbocycles. The van der Waals surface area contributed by atoms with Crippen molar-refractivity contribution in [2.45, 2.75) is 17.9 Å². The highest BCUT2D eigenvalue weighted by Gasteiger charge is 2.17. The predicted octanol–water partition coefficient (Wildman–Crippen LogP) is 4.35. The van der Waals surface area contributed by atoms with Crippen LogP contribution in [0.25, 0.3) is 0 Å². The van der Waals surface area contributed by atoms with Crippen molar-refractivity contribution in [3.8, 4) is 11.5 Å². The molecule has 0 unspecified atom stereocenters. The Bertz CT molecular complexity index is 1170. The van der Waals surface area contributed by atoms with E-state index < -0.39 is 10.0 Å². The molecule has 1 atom stereocenters. The van der Waals surface area contributed by atoms with Crippen LogP contribution in [0.15, 0.2) is 77.7 Å². The van der Waals surface area contributed by atoms with Gasteiger partial charge >= 0.3 is 0 Å². The Morgan fingerprint density at radius 3 is 2.28 bits per heavy atom. The Hall–Kier alpha value is -3.23. The van der Waals surface area contributed by atoms with Crippen LogP contribution in [0, 0.1) is 0 Å². The lowest BCUT2D eigenvalue weighted by atomic mass is 10.2. The molecule has 168 valence electrons. The average molecular weight is 475 g/mol. The minimum Gasteiger partial charge on any atom is -0.497 e. The van der Waals surface area contributed by atoms with Gasteiger partial charge in [0.25, 0.3) is 15.9 Å². The molecule has 0 aliphatic heterocycles. The zero-order chi connectivity index (χ0) is 23.1. The molecule has 32 heavy (non-hydrogen) atoms. The number of anilines is 1. The summed E-state index contributed by atoms with van der Waals surface area (Å²) in [5, 5.41) is 2.93. The number of halogens is 1. The van der Waals surface area contributed by atoms with Crippen LogP contribution >= 0.6 is 11.6 Å². The maximum atomic E-state index is 12.5. The number of carbonyl (C=O) groups excluding carboxylic acids is 1. The van der Waals surface area contributed by atoms with Crippen molar-refractivity contribution in [1.82, 2.24) is 5.32 Å². The summed E-state index contributed by atoms with van der Waals surface area (Å²) in [5.41, 5.74) is 0.483. The molecule has 0 heterocycles. The molecule has 2 N–H and O–H groups in total. The van der Waals surface area contributed by atoms with Gasteiger partial charge in [0.1, 0.15) is 18.1 Å². The molecule has 0 saturated carbocycles. The van der Waals surface area contributed by atoms with E-state index >= 15 is 0 Å². The maximum Gasteiger partial charge on any atom is 0.261 e. The maximum absolute atomic E-state index is 12.5. The number of amides is 1. The van der Waals surface area contributed by atoms with Crippen molar-refractivity contribution >= 4 is 33.2 Å². The molecular formula is C23H23ClN2O5S. The van der Waals surface area contributed by atoms with E-state index in [0.29, 0.717) is 11.3 Å². The van der Waals surface area contributed by atoms with E-state index in [4.69, 9.17) is 21.1 Å². The molecule has 0 saturated heterocycles. The first-order chi connectivity index (χ1) is 15.3. The molecule has 7 nitrogen and oxygen atoms in total. The standard InChI is InChI=1S/C23H23ClN2O5S/c1-16(15-31-19-11-9-18(30-2)10-12-19)25-23(27)17-8-13-22(21(24)14-17)26-32(28,29)20-6-4-3-5-7-20/h3-14,16,26H,15H2,1-2H3,(H,25,27)/t16-/m1/s1. The van der Waals surface area contributed by atoms with E-state index in [0.717, 1.165) is 5.75 Å². The second kappa shape index (κ2) is 10.4. The molecular weight excluding hydrogens is 452 g/mol. The fourth-order valence-electron chi connectivity index (χ4n) is 2.78. The Morgan fingerprint density at radius 2 is 1.66 bits per heavy atom. The van der Waals surface area contributed by atoms with Crippen molar-refractivity contribution in [1.29, 1.82) is 0 Å². The van der Waals surface area contributed by atoms with Gasteiger partial charge in [-0.15, -0.1) is 0 Å². The molecule has 0 radical (unpaired) electrons. The van der Waals surface area contributed by atoms with Gasteiger partial charge in [-0.2, -0.15) is 0 Å². The van der Waals surface area contributed by atoms with Crippen molar-refractivity contribution in [3.05, 3.63) is 83.4 Å². The van der Waals surface area contributed by atoms with Gasteiger partial charge in [0.15, 0.2) is 0 Å². The van der Waals surface area contributed by atoms with Gasteiger partial charge < -0.3 is 14.8 Å². The zero-order valence-electron chi connectivity index (χ0n) is 17.5. The SMILES string of the molecule is COc1ccc(OC[C@@H](C)NC(=O)c2ccc(NS(=O)(=O)c3ccccc3)c(Cl)c2)cc1. The smallest absolute Gasteiger partial charge is 0.261 e. The lowest BCUT2D eigenvalue weighted by Gasteiger charge is -2.16. The third-order valence-electron chi connectivity index (χ3n) is 4.47. The third kappa shape index (κ3) is 6.15. The largest absolute Gasteiger partial charge is 0.497 e. The lowest BCUT2D eigenvalue weighted by Crippen LogP contribution is -2.36. The van der Waals surface area contributed by atoms with Crippen LogP contribution in [0.1, 0.15) is 17.3 Å². The van der Waals surface area contributed by atoms with E-state index in [1.54, 1.807) is 49.6 Å². The van der Waals surface area contributed by atoms with Gasteiger partial charge in [0.2, 0.25) is 0 Å². The first kappa shape index (κ1) is 23.4. The number of hydrogen-bond acceptors (Lipinski definition) is 5. The number of sulfonamides is 1. The highest BCUT2D eigenvalue weighted by molar-refractivity contribution is 7.92. The first-order valence-corrected chi connectivity index (χ1v) is 11.6. The molecule has 0 spiro atoms. The van der Waals surface area contributed by atoms with E-state index in [1.807, 2.05) is 6.92 Å². The van der Waals surface area contributed by atoms with Gasteiger partial charge in [0, 0.05) is 5.56 Å². The number of benzene rings is 3. The van der Waals surface area contributed by atoms with Gasteiger partial charge in [-0.3, -0.25) is 9.52 Å². The quantitative estimate of drug-likeness (QED) is 0.481. The normalized spacial score (nSPS) is 12.0. The monoisotopic (exact) mass is 474 g/mol. The summed E-state index contributed by atoms with van der Waals surface area (Å²) in [7, 11) is -2.20. The summed E-state index contributed by atoms with van der Waals surface area (Å²) in [4.78, 5) is 12.7. The van der Waals surface area contributed by atoms with Gasteiger partial charge in [-0.1, -0.05) is 29.8 Å². The van der Waals surface area contributed by atoms with E-state index in [-0.39, 0.29) is 34.2 Å². The van der Waals surface area contributed by atoms with Crippen LogP contribution in [-0.2, 0) is 10.0 Å². The molecule has 0 fully saturated rings. The number of nitrogens with one attached hydrogen (secondary N) is 2. The van der Waals surface area contributed by atoms with Crippen molar-refractivity contribution < 1.29 is 22.7 Å². The van der Waals surface area contributed by atoms with Crippen LogP contribution < -0.4 is 19.5 Å². The van der Waals surface area contributed by atoms with E-state index in [2.05, 4.69) is 10.0 Å². The van der Waals surface area contributed by atoms with Crippen LogP contribution in [0.5, 0.6) is 11.5 Å². The summed E-state index contributed by atoms with van der Waals surface area (Å²) in [6.07, 6.45) is 0. The highest BCUT2D eigenvalue weighted by Crippen LogP contribution is 2.26. The number of hydrogen-bond donors (Lipinski definition) is 2. The molecule has 3 aromatic carbocycles. The summed E-state index contributed by atoms with van der Waals surface area (Å²) in [6, 6.07) is 19.2.